The number of carbonyl (C=O) groups is 1. The van der Waals surface area contributed by atoms with Crippen LogP contribution in [-0.4, -0.2) is 94.2 Å². The number of rotatable bonds is 7. The molecule has 3 heterocycles. The van der Waals surface area contributed by atoms with Crippen LogP contribution < -0.4 is 14.4 Å². The van der Waals surface area contributed by atoms with E-state index in [1.807, 2.05) is 45.0 Å². The van der Waals surface area contributed by atoms with E-state index in [4.69, 9.17) is 19.2 Å². The molecule has 0 N–H and O–H groups in total. The highest BCUT2D eigenvalue weighted by Gasteiger charge is 2.32. The SMILES string of the molecule is C[C@H]1CN(S(=O)(=O)c2ccc(C(=O)N(CCN(C)C)c3nc4cc5c(cc4s3)OCCO5)cc2)C[C@H](C)O1. The van der Waals surface area contributed by atoms with Gasteiger partial charge in [-0.25, -0.2) is 13.4 Å². The second kappa shape index (κ2) is 10.8. The summed E-state index contributed by atoms with van der Waals surface area (Å²) >= 11 is 1.40. The van der Waals surface area contributed by atoms with Crippen molar-refractivity contribution in [3.8, 4) is 11.5 Å². The second-order valence-corrected chi connectivity index (χ2v) is 12.8. The number of thiazole rings is 1. The maximum atomic E-state index is 13.7. The van der Waals surface area contributed by atoms with E-state index in [9.17, 15) is 13.2 Å². The molecular formula is C26H32N4O6S2. The molecule has 1 saturated heterocycles. The van der Waals surface area contributed by atoms with Gasteiger partial charge >= 0.3 is 0 Å². The molecule has 0 spiro atoms. The van der Waals surface area contributed by atoms with Gasteiger partial charge in [0.25, 0.3) is 5.91 Å². The third-order valence-corrected chi connectivity index (χ3v) is 9.30. The number of sulfonamides is 1. The molecule has 1 aromatic heterocycles. The molecule has 1 amide bonds. The number of morpholine rings is 1. The minimum atomic E-state index is -3.70. The maximum Gasteiger partial charge on any atom is 0.260 e. The summed E-state index contributed by atoms with van der Waals surface area (Å²) in [5.74, 6) is 1.07. The molecule has 38 heavy (non-hydrogen) atoms. The zero-order valence-electron chi connectivity index (χ0n) is 21.9. The minimum absolute atomic E-state index is 0.153. The van der Waals surface area contributed by atoms with E-state index in [1.54, 1.807) is 17.0 Å². The third kappa shape index (κ3) is 5.50. The van der Waals surface area contributed by atoms with Gasteiger partial charge < -0.3 is 19.1 Å². The predicted octanol–water partition coefficient (Wildman–Crippen LogP) is 3.07. The highest BCUT2D eigenvalue weighted by Crippen LogP contribution is 2.39. The Kier molecular flexibility index (Phi) is 7.60. The van der Waals surface area contributed by atoms with Gasteiger partial charge in [-0.05, 0) is 52.2 Å². The first-order valence-corrected chi connectivity index (χ1v) is 14.8. The van der Waals surface area contributed by atoms with Crippen LogP contribution in [0, 0.1) is 0 Å². The molecule has 10 nitrogen and oxygen atoms in total. The largest absolute Gasteiger partial charge is 0.486 e. The molecule has 0 unspecified atom stereocenters. The first-order chi connectivity index (χ1) is 18.1. The van der Waals surface area contributed by atoms with E-state index in [2.05, 4.69) is 0 Å². The van der Waals surface area contributed by atoms with E-state index in [0.29, 0.717) is 61.6 Å². The molecule has 1 fully saturated rings. The van der Waals surface area contributed by atoms with E-state index < -0.39 is 10.0 Å². The highest BCUT2D eigenvalue weighted by molar-refractivity contribution is 7.89. The average molecular weight is 561 g/mol. The Morgan fingerprint density at radius 1 is 1.03 bits per heavy atom. The lowest BCUT2D eigenvalue weighted by Gasteiger charge is -2.34. The normalized spacial score (nSPS) is 20.1. The zero-order valence-corrected chi connectivity index (χ0v) is 23.5. The van der Waals surface area contributed by atoms with Gasteiger partial charge in [0.2, 0.25) is 10.0 Å². The van der Waals surface area contributed by atoms with Crippen molar-refractivity contribution in [3.63, 3.8) is 0 Å². The molecule has 12 heteroatoms. The molecule has 2 aliphatic rings. The Labute approximate surface area is 226 Å². The van der Waals surface area contributed by atoms with Crippen LogP contribution in [0.5, 0.6) is 11.5 Å². The number of nitrogens with zero attached hydrogens (tertiary/aromatic N) is 4. The number of amides is 1. The fourth-order valence-corrected chi connectivity index (χ4v) is 7.14. The van der Waals surface area contributed by atoms with Crippen LogP contribution in [0.4, 0.5) is 5.13 Å². The molecule has 2 aliphatic heterocycles. The fourth-order valence-electron chi connectivity index (χ4n) is 4.55. The van der Waals surface area contributed by atoms with E-state index >= 15 is 0 Å². The molecule has 0 radical (unpaired) electrons. The van der Waals surface area contributed by atoms with Gasteiger partial charge in [-0.2, -0.15) is 4.31 Å². The summed E-state index contributed by atoms with van der Waals surface area (Å²) in [6, 6.07) is 9.87. The number of benzene rings is 2. The quantitative estimate of drug-likeness (QED) is 0.435. The smallest absolute Gasteiger partial charge is 0.260 e. The van der Waals surface area contributed by atoms with Crippen molar-refractivity contribution in [3.05, 3.63) is 42.0 Å². The first kappa shape index (κ1) is 26.8. The summed E-state index contributed by atoms with van der Waals surface area (Å²) in [6.45, 7) is 6.34. The van der Waals surface area contributed by atoms with E-state index in [1.165, 1.54) is 27.8 Å². The number of carbonyl (C=O) groups excluding carboxylic acids is 1. The second-order valence-electron chi connectivity index (χ2n) is 9.82. The Morgan fingerprint density at radius 2 is 1.66 bits per heavy atom. The number of hydrogen-bond acceptors (Lipinski definition) is 9. The van der Waals surface area contributed by atoms with Gasteiger partial charge in [0.05, 0.1) is 27.3 Å². The summed E-state index contributed by atoms with van der Waals surface area (Å²) < 4.78 is 45.9. The average Bonchev–Trinajstić information content (AvgIpc) is 3.29. The molecule has 0 saturated carbocycles. The van der Waals surface area contributed by atoms with Crippen LogP contribution in [0.1, 0.15) is 24.2 Å². The molecular weight excluding hydrogens is 528 g/mol. The number of fused-ring (bicyclic) bond motifs is 2. The van der Waals surface area contributed by atoms with Gasteiger partial charge in [0.15, 0.2) is 16.6 Å². The van der Waals surface area contributed by atoms with Crippen molar-refractivity contribution in [1.82, 2.24) is 14.2 Å². The molecule has 0 aliphatic carbocycles. The fraction of sp³-hybridized carbons (Fsp3) is 0.462. The number of anilines is 1. The van der Waals surface area contributed by atoms with Crippen LogP contribution >= 0.6 is 11.3 Å². The number of hydrogen-bond donors (Lipinski definition) is 0. The Morgan fingerprint density at radius 3 is 2.29 bits per heavy atom. The maximum absolute atomic E-state index is 13.7. The molecule has 2 aromatic carbocycles. The summed E-state index contributed by atoms with van der Waals surface area (Å²) in [6.07, 6.45) is -0.366. The zero-order chi connectivity index (χ0) is 27.0. The lowest BCUT2D eigenvalue weighted by Crippen LogP contribution is -2.48. The molecule has 204 valence electrons. The van der Waals surface area contributed by atoms with Gasteiger partial charge in [0.1, 0.15) is 13.2 Å². The Balaban J connectivity index is 1.42. The molecule has 2 atom stereocenters. The Hall–Kier alpha value is -2.77. The van der Waals surface area contributed by atoms with Crippen LogP contribution in [0.25, 0.3) is 10.2 Å². The summed E-state index contributed by atoms with van der Waals surface area (Å²) in [5, 5.41) is 0.558. The summed E-state index contributed by atoms with van der Waals surface area (Å²) in [5.41, 5.74) is 1.11. The van der Waals surface area contributed by atoms with Gasteiger partial charge in [-0.3, -0.25) is 9.69 Å². The van der Waals surface area contributed by atoms with Crippen LogP contribution in [-0.2, 0) is 14.8 Å². The monoisotopic (exact) mass is 560 g/mol. The van der Waals surface area contributed by atoms with Crippen molar-refractivity contribution < 1.29 is 27.4 Å². The van der Waals surface area contributed by atoms with Crippen molar-refractivity contribution in [2.75, 3.05) is 58.4 Å². The van der Waals surface area contributed by atoms with Gasteiger partial charge in [-0.1, -0.05) is 11.3 Å². The lowest BCUT2D eigenvalue weighted by atomic mass is 10.2. The molecule has 0 bridgehead atoms. The topological polar surface area (TPSA) is 102 Å². The molecule has 5 rings (SSSR count). The first-order valence-electron chi connectivity index (χ1n) is 12.5. The van der Waals surface area contributed by atoms with E-state index in [-0.39, 0.29) is 23.0 Å². The standard InChI is InChI=1S/C26H32N4O6S2/c1-17-15-29(16-18(2)36-17)38(32,33)20-7-5-19(6-8-20)25(31)30(10-9-28(3)4)26-27-21-13-22-23(14-24(21)37-26)35-12-11-34-22/h5-8,13-14,17-18H,9-12,15-16H2,1-4H3/t17-,18-/m0/s1. The van der Waals surface area contributed by atoms with Crippen LogP contribution in [0.15, 0.2) is 41.3 Å². The third-order valence-electron chi connectivity index (χ3n) is 6.41. The predicted molar refractivity (Wildman–Crippen MR) is 146 cm³/mol. The van der Waals surface area contributed by atoms with Crippen LogP contribution in [0.2, 0.25) is 0 Å². The highest BCUT2D eigenvalue weighted by atomic mass is 32.2. The van der Waals surface area contributed by atoms with Crippen molar-refractivity contribution in [2.45, 2.75) is 31.0 Å². The number of aromatic nitrogens is 1. The van der Waals surface area contributed by atoms with Crippen molar-refractivity contribution >= 4 is 42.6 Å². The Bertz CT molecular complexity index is 1370. The number of ether oxygens (including phenoxy) is 3. The van der Waals surface area contributed by atoms with E-state index in [0.717, 1.165) is 10.2 Å². The van der Waals surface area contributed by atoms with Gasteiger partial charge in [-0.15, -0.1) is 0 Å². The number of likely N-dealkylation sites (N-methyl/N-ethyl adjacent to an activating group) is 1. The minimum Gasteiger partial charge on any atom is -0.486 e. The molecule has 3 aromatic rings. The lowest BCUT2D eigenvalue weighted by molar-refractivity contribution is -0.0440. The van der Waals surface area contributed by atoms with Crippen molar-refractivity contribution in [1.29, 1.82) is 0 Å². The van der Waals surface area contributed by atoms with Crippen LogP contribution in [0.3, 0.4) is 0 Å². The van der Waals surface area contributed by atoms with Crippen molar-refractivity contribution in [2.24, 2.45) is 0 Å². The summed E-state index contributed by atoms with van der Waals surface area (Å²) in [4.78, 5) is 22.2. The summed E-state index contributed by atoms with van der Waals surface area (Å²) in [7, 11) is 0.180. The van der Waals surface area contributed by atoms with Gasteiger partial charge in [0, 0.05) is 43.9 Å².